The summed E-state index contributed by atoms with van der Waals surface area (Å²) in [6, 6.07) is 3.93. The number of benzene rings is 1. The molecular formula is C13H19BrN2O. The number of hydrogen-bond acceptors (Lipinski definition) is 3. The fourth-order valence-corrected chi connectivity index (χ4v) is 3.07. The van der Waals surface area contributed by atoms with Gasteiger partial charge in [-0.1, -0.05) is 15.9 Å². The highest BCUT2D eigenvalue weighted by Crippen LogP contribution is 2.41. The molecule has 17 heavy (non-hydrogen) atoms. The van der Waals surface area contributed by atoms with E-state index in [2.05, 4.69) is 27.9 Å². The number of nitrogens with zero attached hydrogens (tertiary/aromatic N) is 1. The maximum atomic E-state index is 10.1. The first-order valence-electron chi connectivity index (χ1n) is 5.92. The molecule has 1 aromatic carbocycles. The second kappa shape index (κ2) is 4.96. The van der Waals surface area contributed by atoms with Crippen molar-refractivity contribution < 1.29 is 5.11 Å². The van der Waals surface area contributed by atoms with Gasteiger partial charge in [-0.3, -0.25) is 4.90 Å². The lowest BCUT2D eigenvalue weighted by Gasteiger charge is -2.23. The minimum atomic E-state index is 0.279. The van der Waals surface area contributed by atoms with Crippen molar-refractivity contribution in [3.8, 4) is 5.75 Å². The number of phenols is 1. The molecule has 1 saturated heterocycles. The van der Waals surface area contributed by atoms with Crippen molar-refractivity contribution in [3.05, 3.63) is 27.7 Å². The Morgan fingerprint density at radius 2 is 2.24 bits per heavy atom. The molecule has 1 heterocycles. The Morgan fingerprint density at radius 3 is 2.82 bits per heavy atom. The number of rotatable bonds is 2. The van der Waals surface area contributed by atoms with Crippen LogP contribution in [0, 0.1) is 12.8 Å². The Kier molecular flexibility index (Phi) is 3.76. The van der Waals surface area contributed by atoms with E-state index in [-0.39, 0.29) is 6.04 Å². The lowest BCUT2D eigenvalue weighted by molar-refractivity contribution is 0.304. The normalized spacial score (nSPS) is 25.4. The lowest BCUT2D eigenvalue weighted by Crippen LogP contribution is -2.21. The van der Waals surface area contributed by atoms with E-state index in [9.17, 15) is 5.11 Å². The molecule has 0 amide bonds. The van der Waals surface area contributed by atoms with E-state index in [0.717, 1.165) is 28.6 Å². The van der Waals surface area contributed by atoms with Gasteiger partial charge in [-0.25, -0.2) is 0 Å². The van der Waals surface area contributed by atoms with E-state index < -0.39 is 0 Å². The zero-order valence-corrected chi connectivity index (χ0v) is 11.9. The summed E-state index contributed by atoms with van der Waals surface area (Å²) in [6.07, 6.45) is 1.03. The van der Waals surface area contributed by atoms with Crippen molar-refractivity contribution >= 4 is 15.9 Å². The van der Waals surface area contributed by atoms with E-state index in [0.29, 0.717) is 18.2 Å². The molecule has 4 heteroatoms. The van der Waals surface area contributed by atoms with Gasteiger partial charge in [-0.15, -0.1) is 0 Å². The minimum absolute atomic E-state index is 0.279. The first-order valence-corrected chi connectivity index (χ1v) is 6.72. The molecule has 0 aliphatic carbocycles. The molecule has 0 radical (unpaired) electrons. The van der Waals surface area contributed by atoms with Crippen LogP contribution in [0.5, 0.6) is 5.75 Å². The van der Waals surface area contributed by atoms with Gasteiger partial charge in [0.15, 0.2) is 0 Å². The van der Waals surface area contributed by atoms with Gasteiger partial charge >= 0.3 is 0 Å². The van der Waals surface area contributed by atoms with E-state index in [4.69, 9.17) is 5.73 Å². The molecule has 3 N–H and O–H groups in total. The first kappa shape index (κ1) is 12.9. The highest BCUT2D eigenvalue weighted by Gasteiger charge is 2.32. The Balaban J connectivity index is 2.37. The minimum Gasteiger partial charge on any atom is -0.508 e. The molecule has 1 aromatic rings. The zero-order valence-electron chi connectivity index (χ0n) is 10.3. The zero-order chi connectivity index (χ0) is 12.6. The number of phenolic OH excluding ortho intramolecular Hbond substituents is 1. The fourth-order valence-electron chi connectivity index (χ4n) is 2.72. The molecule has 3 nitrogen and oxygen atoms in total. The van der Waals surface area contributed by atoms with Crippen LogP contribution in [0.25, 0.3) is 0 Å². The molecular weight excluding hydrogens is 280 g/mol. The van der Waals surface area contributed by atoms with Crippen molar-refractivity contribution in [2.24, 2.45) is 11.7 Å². The average Bonchev–Trinajstić information content (AvgIpc) is 2.66. The summed E-state index contributed by atoms with van der Waals surface area (Å²) in [6.45, 7) is 3.77. The lowest BCUT2D eigenvalue weighted by atomic mass is 9.95. The number of hydrogen-bond donors (Lipinski definition) is 2. The van der Waals surface area contributed by atoms with Gasteiger partial charge in [0, 0.05) is 22.6 Å². The van der Waals surface area contributed by atoms with Crippen LogP contribution in [0.1, 0.15) is 23.6 Å². The highest BCUT2D eigenvalue weighted by molar-refractivity contribution is 9.10. The summed E-state index contributed by atoms with van der Waals surface area (Å²) in [7, 11) is 2.10. The summed E-state index contributed by atoms with van der Waals surface area (Å²) in [5.41, 5.74) is 7.91. The molecule has 1 aliphatic rings. The smallest absolute Gasteiger partial charge is 0.120 e. The van der Waals surface area contributed by atoms with Crippen LogP contribution < -0.4 is 5.73 Å². The van der Waals surface area contributed by atoms with Gasteiger partial charge in [-0.05, 0) is 50.6 Å². The van der Waals surface area contributed by atoms with Crippen molar-refractivity contribution in [2.75, 3.05) is 20.1 Å². The molecule has 0 bridgehead atoms. The Hall–Kier alpha value is -0.580. The predicted molar refractivity (Wildman–Crippen MR) is 73.1 cm³/mol. The van der Waals surface area contributed by atoms with Crippen LogP contribution >= 0.6 is 15.9 Å². The van der Waals surface area contributed by atoms with Crippen LogP contribution in [-0.4, -0.2) is 30.1 Å². The second-order valence-corrected chi connectivity index (χ2v) is 5.75. The first-order chi connectivity index (χ1) is 8.04. The van der Waals surface area contributed by atoms with Crippen LogP contribution in [0.4, 0.5) is 0 Å². The standard InChI is InChI=1S/C13H19BrN2O/c1-8-10(14)3-4-12(17)13(8)11-5-9(6-15)7-16(11)2/h3-4,9,11,17H,5-7,15H2,1-2H3. The van der Waals surface area contributed by atoms with E-state index in [1.165, 1.54) is 0 Å². The second-order valence-electron chi connectivity index (χ2n) is 4.90. The molecule has 0 spiro atoms. The summed E-state index contributed by atoms with van der Waals surface area (Å²) in [4.78, 5) is 2.28. The van der Waals surface area contributed by atoms with Gasteiger partial charge in [-0.2, -0.15) is 0 Å². The molecule has 0 saturated carbocycles. The molecule has 2 atom stereocenters. The van der Waals surface area contributed by atoms with Gasteiger partial charge in [0.1, 0.15) is 5.75 Å². The number of aromatic hydroxyl groups is 1. The summed E-state index contributed by atoms with van der Waals surface area (Å²) < 4.78 is 1.05. The largest absolute Gasteiger partial charge is 0.508 e. The Bertz CT molecular complexity index is 422. The summed E-state index contributed by atoms with van der Waals surface area (Å²) in [5, 5.41) is 10.1. The SMILES string of the molecule is Cc1c(Br)ccc(O)c1C1CC(CN)CN1C. The quantitative estimate of drug-likeness (QED) is 0.881. The van der Waals surface area contributed by atoms with Crippen LogP contribution in [-0.2, 0) is 0 Å². The Morgan fingerprint density at radius 1 is 1.53 bits per heavy atom. The maximum Gasteiger partial charge on any atom is 0.120 e. The monoisotopic (exact) mass is 298 g/mol. The maximum absolute atomic E-state index is 10.1. The topological polar surface area (TPSA) is 49.5 Å². The third kappa shape index (κ3) is 2.34. The number of likely N-dealkylation sites (tertiary alicyclic amines) is 1. The van der Waals surface area contributed by atoms with Gasteiger partial charge in [0.25, 0.3) is 0 Å². The average molecular weight is 299 g/mol. The molecule has 2 rings (SSSR count). The van der Waals surface area contributed by atoms with E-state index in [1.807, 2.05) is 13.0 Å². The van der Waals surface area contributed by atoms with Gasteiger partial charge < -0.3 is 10.8 Å². The predicted octanol–water partition coefficient (Wildman–Crippen LogP) is 2.41. The van der Waals surface area contributed by atoms with E-state index >= 15 is 0 Å². The van der Waals surface area contributed by atoms with Crippen LogP contribution in [0.3, 0.4) is 0 Å². The highest BCUT2D eigenvalue weighted by atomic mass is 79.9. The van der Waals surface area contributed by atoms with Crippen molar-refractivity contribution in [1.82, 2.24) is 4.90 Å². The van der Waals surface area contributed by atoms with E-state index in [1.54, 1.807) is 6.07 Å². The summed E-state index contributed by atoms with van der Waals surface area (Å²) in [5.74, 6) is 0.919. The molecule has 94 valence electrons. The third-order valence-electron chi connectivity index (χ3n) is 3.73. The van der Waals surface area contributed by atoms with Gasteiger partial charge in [0.05, 0.1) is 0 Å². The fraction of sp³-hybridized carbons (Fsp3) is 0.538. The van der Waals surface area contributed by atoms with Crippen molar-refractivity contribution in [1.29, 1.82) is 0 Å². The van der Waals surface area contributed by atoms with Gasteiger partial charge in [0.2, 0.25) is 0 Å². The number of halogens is 1. The van der Waals surface area contributed by atoms with Crippen LogP contribution in [0.15, 0.2) is 16.6 Å². The molecule has 2 unspecified atom stereocenters. The summed E-state index contributed by atoms with van der Waals surface area (Å²) >= 11 is 3.53. The number of nitrogens with two attached hydrogens (primary N) is 1. The third-order valence-corrected chi connectivity index (χ3v) is 4.59. The van der Waals surface area contributed by atoms with Crippen molar-refractivity contribution in [3.63, 3.8) is 0 Å². The molecule has 1 aliphatic heterocycles. The Labute approximate surface area is 111 Å². The molecule has 0 aromatic heterocycles. The molecule has 1 fully saturated rings. The van der Waals surface area contributed by atoms with Crippen molar-refractivity contribution in [2.45, 2.75) is 19.4 Å². The van der Waals surface area contributed by atoms with Crippen LogP contribution in [0.2, 0.25) is 0 Å².